The number of methoxy groups -OCH3 is 1. The van der Waals surface area contributed by atoms with E-state index in [0.29, 0.717) is 46.6 Å². The Labute approximate surface area is 532 Å². The first-order chi connectivity index (χ1) is 41.7. The van der Waals surface area contributed by atoms with E-state index in [9.17, 15) is 39.0 Å². The SMILES string of the molecule is CCc1cc(C)cc(CC)[c]1[Pb]([O]C(C)=O)([O]C(C)=O)[O]C(C)=O.CCc1cc(C)cc(CC)c1C1=C(O)CC(CCSc2ccccc2)OC1=O.COC1=CC(=O)OC(CCSc2ccccc2)C1.O=C1C=C(O)CC(CCSc2ccccc2)O1. The first-order valence-electron chi connectivity index (χ1n) is 29.3. The second kappa shape index (κ2) is 36.7. The summed E-state index contributed by atoms with van der Waals surface area (Å²) in [7, 11) is 1.58. The Morgan fingerprint density at radius 2 is 0.897 bits per heavy atom. The second-order valence-electron chi connectivity index (χ2n) is 20.5. The van der Waals surface area contributed by atoms with Gasteiger partial charge in [0.1, 0.15) is 41.2 Å². The van der Waals surface area contributed by atoms with Crippen LogP contribution in [0.25, 0.3) is 5.57 Å². The third-order valence-electron chi connectivity index (χ3n) is 13.6. The zero-order chi connectivity index (χ0) is 63.5. The van der Waals surface area contributed by atoms with Crippen molar-refractivity contribution in [2.45, 2.75) is 160 Å². The molecule has 8 rings (SSSR count). The molecule has 15 nitrogen and oxygen atoms in total. The molecule has 0 radical (unpaired) electrons. The van der Waals surface area contributed by atoms with Gasteiger partial charge in [0.2, 0.25) is 0 Å². The van der Waals surface area contributed by atoms with E-state index in [2.05, 4.69) is 69.3 Å². The molecule has 0 bridgehead atoms. The van der Waals surface area contributed by atoms with Crippen LogP contribution in [0.15, 0.2) is 159 Å². The second-order valence-corrected chi connectivity index (χ2v) is 32.7. The van der Waals surface area contributed by atoms with Gasteiger partial charge >= 0.3 is 167 Å². The average molecular weight is 1440 g/mol. The number of aliphatic hydroxyl groups is 2. The van der Waals surface area contributed by atoms with Crippen molar-refractivity contribution in [1.82, 2.24) is 0 Å². The number of aryl methyl sites for hydroxylation is 6. The fourth-order valence-corrected chi connectivity index (χ4v) is 23.8. The number of carbonyl (C=O) groups excluding carboxylic acids is 6. The standard InChI is InChI=1S/C24H28O3S.C14H16O3S.C13H14O3S.C11H15.3C2H4O2.Pb/c1-4-17-13-16(3)14-18(5-2)22(17)23-21(25)15-19(27-24(23)26)11-12-28-20-9-7-6-8-10-20;1-16-12-9-11(17-14(15)10-12)7-8-18-13-5-3-2-4-6-13;14-10-8-11(16-13(15)9-10)6-7-17-12-4-2-1-3-5-12;1-4-10-6-9(3)7-11(5-2)8-10;3*1-2(3)4;/h6-10,13-14,19,25H,4-5,11-12,15H2,1-3H3;2-6,10-11H,7-9H2,1H3;1-5,9,11,14H,6-8H2;6-7H,4-5H2,1-3H3;3*1H3,(H,3,4);/q;;;;;;;+3/p-3. The van der Waals surface area contributed by atoms with Crippen molar-refractivity contribution in [3.8, 4) is 0 Å². The summed E-state index contributed by atoms with van der Waals surface area (Å²) in [6.45, 7) is 15.7. The number of benzene rings is 5. The van der Waals surface area contributed by atoms with Gasteiger partial charge in [0.15, 0.2) is 0 Å². The molecule has 0 saturated carbocycles. The van der Waals surface area contributed by atoms with Gasteiger partial charge in [0.05, 0.1) is 19.3 Å². The normalized spacial score (nSPS) is 16.3. The van der Waals surface area contributed by atoms with E-state index in [-0.39, 0.29) is 35.8 Å². The van der Waals surface area contributed by atoms with Gasteiger partial charge in [-0.25, -0.2) is 14.4 Å². The predicted octanol–water partition coefficient (Wildman–Crippen LogP) is 13.8. The number of carbonyl (C=O) groups is 6. The molecule has 2 N–H and O–H groups in total. The van der Waals surface area contributed by atoms with Crippen molar-refractivity contribution in [3.63, 3.8) is 0 Å². The maximum atomic E-state index is 12.8. The fourth-order valence-electron chi connectivity index (χ4n) is 9.85. The van der Waals surface area contributed by atoms with Gasteiger partial charge in [-0.2, -0.15) is 0 Å². The number of esters is 3. The fraction of sp³-hybridized carbons (Fsp3) is 0.382. The molecule has 466 valence electrons. The zero-order valence-corrected chi connectivity index (χ0v) is 57.8. The van der Waals surface area contributed by atoms with Gasteiger partial charge in [-0.15, -0.1) is 35.3 Å². The number of hydrogen-bond acceptors (Lipinski definition) is 18. The van der Waals surface area contributed by atoms with Crippen LogP contribution in [0.1, 0.15) is 126 Å². The van der Waals surface area contributed by atoms with Gasteiger partial charge < -0.3 is 29.2 Å². The van der Waals surface area contributed by atoms with Crippen LogP contribution < -0.4 is 3.12 Å². The quantitative estimate of drug-likeness (QED) is 0.0286. The number of cyclic esters (lactones) is 3. The molecule has 19 heteroatoms. The number of thioether (sulfide) groups is 3. The van der Waals surface area contributed by atoms with Crippen LogP contribution in [0.5, 0.6) is 0 Å². The smallest absolute Gasteiger partial charge is 0.342 e. The predicted molar refractivity (Wildman–Crippen MR) is 345 cm³/mol. The minimum absolute atomic E-state index is 0.0614. The molecule has 3 heterocycles. The zero-order valence-electron chi connectivity index (χ0n) is 51.5. The molecule has 3 unspecified atom stereocenters. The Kier molecular flexibility index (Phi) is 30.1. The molecule has 0 aliphatic carbocycles. The van der Waals surface area contributed by atoms with E-state index in [0.717, 1.165) is 88.8 Å². The third kappa shape index (κ3) is 23.5. The van der Waals surface area contributed by atoms with Crippen LogP contribution >= 0.6 is 35.3 Å². The van der Waals surface area contributed by atoms with Crippen molar-refractivity contribution in [2.75, 3.05) is 24.4 Å². The van der Waals surface area contributed by atoms with Gasteiger partial charge in [0, 0.05) is 51.2 Å². The molecule has 0 spiro atoms. The molecule has 87 heavy (non-hydrogen) atoms. The summed E-state index contributed by atoms with van der Waals surface area (Å²) in [5.41, 5.74) is 7.38. The molecule has 3 atom stereocenters. The van der Waals surface area contributed by atoms with E-state index in [1.165, 1.54) is 47.1 Å². The summed E-state index contributed by atoms with van der Waals surface area (Å²) in [6.07, 6.45) is 8.73. The molecule has 5 aromatic rings. The van der Waals surface area contributed by atoms with E-state index in [1.807, 2.05) is 87.5 Å². The Morgan fingerprint density at radius 3 is 1.25 bits per heavy atom. The van der Waals surface area contributed by atoms with Gasteiger partial charge in [-0.05, 0) is 92.1 Å². The maximum Gasteiger partial charge on any atom is 0.342 e. The van der Waals surface area contributed by atoms with E-state index >= 15 is 0 Å². The van der Waals surface area contributed by atoms with E-state index < -0.39 is 52.4 Å². The minimum Gasteiger partial charge on any atom is -0.512 e. The summed E-state index contributed by atoms with van der Waals surface area (Å²) >= 11 is 0.0622. The van der Waals surface area contributed by atoms with Gasteiger partial charge in [-0.1, -0.05) is 86.1 Å². The molecule has 0 amide bonds. The van der Waals surface area contributed by atoms with Crippen molar-refractivity contribution in [1.29, 1.82) is 0 Å². The molecule has 0 aromatic heterocycles. The molecule has 5 aromatic carbocycles. The van der Waals surface area contributed by atoms with Gasteiger partial charge in [-0.3, -0.25) is 0 Å². The Balaban J connectivity index is 0.000000216. The van der Waals surface area contributed by atoms with Crippen molar-refractivity contribution >= 4 is 102 Å². The van der Waals surface area contributed by atoms with E-state index in [1.54, 1.807) is 42.4 Å². The van der Waals surface area contributed by atoms with Gasteiger partial charge in [0.25, 0.3) is 0 Å². The Morgan fingerprint density at radius 1 is 0.529 bits per heavy atom. The van der Waals surface area contributed by atoms with Crippen molar-refractivity contribution in [3.05, 3.63) is 184 Å². The summed E-state index contributed by atoms with van der Waals surface area (Å²) in [5.74, 6) is 0.597. The summed E-state index contributed by atoms with van der Waals surface area (Å²) in [5, 5.41) is 20.1. The molecule has 0 saturated heterocycles. The molecule has 0 fully saturated rings. The summed E-state index contributed by atoms with van der Waals surface area (Å²) in [4.78, 5) is 73.9. The van der Waals surface area contributed by atoms with E-state index in [4.69, 9.17) is 27.0 Å². The largest absolute Gasteiger partial charge is 0.512 e. The van der Waals surface area contributed by atoms with Crippen LogP contribution in [-0.2, 0) is 81.5 Å². The number of hydrogen-bond donors (Lipinski definition) is 2. The number of rotatable bonds is 22. The summed E-state index contributed by atoms with van der Waals surface area (Å²) < 4.78 is 38.2. The first-order valence-corrected chi connectivity index (χ1v) is 38.9. The Hall–Kier alpha value is -6.49. The van der Waals surface area contributed by atoms with Crippen LogP contribution in [0.4, 0.5) is 0 Å². The monoisotopic (exact) mass is 1440 g/mol. The average Bonchev–Trinajstić information content (AvgIpc) is 1.03. The Bertz CT molecular complexity index is 3110. The van der Waals surface area contributed by atoms with Crippen molar-refractivity contribution in [2.24, 2.45) is 0 Å². The minimum atomic E-state index is -5.17. The number of aliphatic hydroxyl groups excluding tert-OH is 2. The number of ether oxygens (including phenoxy) is 4. The maximum absolute atomic E-state index is 12.8. The topological polar surface area (TPSA) is 207 Å². The molecular formula is C68H82O15PbS3. The van der Waals surface area contributed by atoms with Crippen molar-refractivity contribution < 1.29 is 66.0 Å². The third-order valence-corrected chi connectivity index (χ3v) is 28.1. The molecule has 3 aliphatic heterocycles. The molecule has 3 aliphatic rings. The van der Waals surface area contributed by atoms with Crippen LogP contribution in [0, 0.1) is 13.8 Å². The summed E-state index contributed by atoms with van der Waals surface area (Å²) in [6, 6.07) is 38.6. The molecular weight excluding hydrogens is 1360 g/mol. The van der Waals surface area contributed by atoms with Crippen LogP contribution in [0.3, 0.4) is 0 Å². The first kappa shape index (κ1) is 71.3. The van der Waals surface area contributed by atoms with Crippen LogP contribution in [0.2, 0.25) is 0 Å². The van der Waals surface area contributed by atoms with Crippen LogP contribution in [-0.4, -0.2) is 111 Å².